The maximum absolute atomic E-state index is 5.45. The van der Waals surface area contributed by atoms with Crippen molar-refractivity contribution in [2.75, 3.05) is 19.8 Å². The van der Waals surface area contributed by atoms with Crippen LogP contribution in [-0.2, 0) is 27.7 Å². The molecule has 0 saturated heterocycles. The zero-order chi connectivity index (χ0) is 10.9. The molecule has 0 spiro atoms. The Hall–Kier alpha value is 0.463. The first-order chi connectivity index (χ1) is 6.68. The van der Waals surface area contributed by atoms with Gasteiger partial charge in [0.25, 0.3) is 0 Å². The van der Waals surface area contributed by atoms with Gasteiger partial charge in [0.05, 0.1) is 0 Å². The van der Waals surface area contributed by atoms with Crippen LogP contribution in [0.3, 0.4) is 0 Å². The van der Waals surface area contributed by atoms with Crippen LogP contribution in [0.15, 0.2) is 38.0 Å². The molecule has 0 amide bonds. The Morgan fingerprint density at radius 2 is 1.14 bits per heavy atom. The van der Waals surface area contributed by atoms with E-state index in [2.05, 4.69) is 32.0 Å². The van der Waals surface area contributed by atoms with E-state index in [4.69, 9.17) is 8.44 Å². The van der Waals surface area contributed by atoms with E-state index in [-0.39, 0.29) is 0 Å². The van der Waals surface area contributed by atoms with Gasteiger partial charge in [0.2, 0.25) is 0 Å². The average Bonchev–Trinajstić information content (AvgIpc) is 2.21. The second-order valence-electron chi connectivity index (χ2n) is 2.28. The van der Waals surface area contributed by atoms with Crippen LogP contribution in [0.25, 0.3) is 0 Å². The fourth-order valence-corrected chi connectivity index (χ4v) is 5.90. The second kappa shape index (κ2) is 8.75. The third-order valence-electron chi connectivity index (χ3n) is 1.12. The molecule has 14 heavy (non-hydrogen) atoms. The number of rotatable bonds is 9. The molecule has 0 aromatic heterocycles. The molecule has 0 heterocycles. The first-order valence-corrected chi connectivity index (χ1v) is 12.7. The van der Waals surface area contributed by atoms with E-state index >= 15 is 0 Å². The Morgan fingerprint density at radius 1 is 0.857 bits per heavy atom. The van der Waals surface area contributed by atoms with Crippen molar-refractivity contribution >= 4 is 12.2 Å². The van der Waals surface area contributed by atoms with Crippen LogP contribution in [0.1, 0.15) is 0 Å². The molecule has 5 heteroatoms. The van der Waals surface area contributed by atoms with Crippen LogP contribution >= 0.6 is 12.2 Å². The monoisotopic (exact) mass is 340 g/mol. The van der Waals surface area contributed by atoms with Crippen molar-refractivity contribution in [3.8, 4) is 0 Å². The van der Waals surface area contributed by atoms with Crippen LogP contribution in [0, 0.1) is 0 Å². The van der Waals surface area contributed by atoms with Gasteiger partial charge in [-0.05, 0) is 0 Å². The van der Waals surface area contributed by atoms with E-state index in [1.54, 1.807) is 18.2 Å². The summed E-state index contributed by atoms with van der Waals surface area (Å²) in [5.74, 6) is 0. The van der Waals surface area contributed by atoms with Gasteiger partial charge >= 0.3 is 97.7 Å². The van der Waals surface area contributed by atoms with E-state index in [0.717, 1.165) is 0 Å². The van der Waals surface area contributed by atoms with Gasteiger partial charge in [-0.2, -0.15) is 0 Å². The number of hydrogen-bond donors (Lipinski definition) is 0. The van der Waals surface area contributed by atoms with E-state index in [1.165, 1.54) is 0 Å². The molecule has 0 fully saturated rings. The van der Waals surface area contributed by atoms with Crippen LogP contribution in [-0.4, -0.2) is 19.8 Å². The molecule has 0 aliphatic carbocycles. The molecular formula is C9H15BrO3Zr. The van der Waals surface area contributed by atoms with Crippen molar-refractivity contribution in [3.05, 3.63) is 38.0 Å². The molecular weight excluding hydrogens is 327 g/mol. The van der Waals surface area contributed by atoms with Gasteiger partial charge in [-0.15, -0.1) is 0 Å². The topological polar surface area (TPSA) is 27.7 Å². The Balaban J connectivity index is 4.07. The van der Waals surface area contributed by atoms with Gasteiger partial charge in [-0.1, -0.05) is 0 Å². The summed E-state index contributed by atoms with van der Waals surface area (Å²) in [6.07, 6.45) is 4.96. The molecule has 0 saturated carbocycles. The predicted molar refractivity (Wildman–Crippen MR) is 57.4 cm³/mol. The van der Waals surface area contributed by atoms with E-state index in [0.29, 0.717) is 19.8 Å². The summed E-state index contributed by atoms with van der Waals surface area (Å²) >= 11 is -0.0762. The van der Waals surface area contributed by atoms with E-state index < -0.39 is 19.2 Å². The molecule has 0 aromatic rings. The Kier molecular flexibility index (Phi) is 9.04. The Labute approximate surface area is 97.1 Å². The van der Waals surface area contributed by atoms with Gasteiger partial charge in [-0.3, -0.25) is 0 Å². The minimum absolute atomic E-state index is 0.412. The van der Waals surface area contributed by atoms with Crippen molar-refractivity contribution in [2.45, 2.75) is 0 Å². The summed E-state index contributed by atoms with van der Waals surface area (Å²) < 4.78 is 16.4. The maximum atomic E-state index is 5.45. The molecule has 0 rings (SSSR count). The molecule has 0 N–H and O–H groups in total. The van der Waals surface area contributed by atoms with Gasteiger partial charge in [0.15, 0.2) is 0 Å². The summed E-state index contributed by atoms with van der Waals surface area (Å²) in [4.78, 5) is 0. The molecule has 3 nitrogen and oxygen atoms in total. The standard InChI is InChI=1S/3C3H5O.BrH.Zr/c3*1-2-3-4;;/h3*2H,1,3H2;1H;/q3*-1;;+4/p-1. The van der Waals surface area contributed by atoms with Crippen LogP contribution in [0.5, 0.6) is 0 Å². The fourth-order valence-electron chi connectivity index (χ4n) is 0.600. The van der Waals surface area contributed by atoms with E-state index in [1.807, 2.05) is 0 Å². The molecule has 0 aliphatic heterocycles. The molecule has 0 aromatic carbocycles. The first kappa shape index (κ1) is 14.5. The summed E-state index contributed by atoms with van der Waals surface area (Å²) in [5.41, 5.74) is 0. The van der Waals surface area contributed by atoms with Gasteiger partial charge < -0.3 is 0 Å². The van der Waals surface area contributed by atoms with Crippen molar-refractivity contribution in [2.24, 2.45) is 0 Å². The molecule has 0 radical (unpaired) electrons. The minimum atomic E-state index is -3.46. The van der Waals surface area contributed by atoms with Gasteiger partial charge in [0.1, 0.15) is 0 Å². The summed E-state index contributed by atoms with van der Waals surface area (Å²) in [6, 6.07) is 0. The van der Waals surface area contributed by atoms with Crippen molar-refractivity contribution in [3.63, 3.8) is 0 Å². The molecule has 0 aliphatic rings. The molecule has 80 valence electrons. The molecule has 0 bridgehead atoms. The second-order valence-corrected chi connectivity index (χ2v) is 12.5. The van der Waals surface area contributed by atoms with Crippen LogP contribution in [0.2, 0.25) is 0 Å². The van der Waals surface area contributed by atoms with Crippen LogP contribution in [0.4, 0.5) is 0 Å². The Bertz CT molecular complexity index is 165. The zero-order valence-electron chi connectivity index (χ0n) is 8.08. The SMILES string of the molecule is C=CC[O][Zr]([Br])([O]CC=C)[O]CC=C. The van der Waals surface area contributed by atoms with Crippen molar-refractivity contribution in [1.29, 1.82) is 0 Å². The zero-order valence-corrected chi connectivity index (χ0v) is 12.1. The first-order valence-electron chi connectivity index (χ1n) is 4.12. The van der Waals surface area contributed by atoms with Gasteiger partial charge in [-0.25, -0.2) is 0 Å². The van der Waals surface area contributed by atoms with Crippen molar-refractivity contribution < 1.29 is 27.7 Å². The number of hydrogen-bond acceptors (Lipinski definition) is 3. The van der Waals surface area contributed by atoms with Crippen molar-refractivity contribution in [1.82, 2.24) is 0 Å². The molecule has 0 unspecified atom stereocenters. The predicted octanol–water partition coefficient (Wildman–Crippen LogP) is 2.80. The Morgan fingerprint density at radius 3 is 1.36 bits per heavy atom. The van der Waals surface area contributed by atoms with Gasteiger partial charge in [0, 0.05) is 0 Å². The summed E-state index contributed by atoms with van der Waals surface area (Å²) in [5, 5.41) is 0. The summed E-state index contributed by atoms with van der Waals surface area (Å²) in [6.45, 7) is 11.9. The van der Waals surface area contributed by atoms with E-state index in [9.17, 15) is 0 Å². The third kappa shape index (κ3) is 6.85. The third-order valence-corrected chi connectivity index (χ3v) is 8.96. The molecule has 0 atom stereocenters. The average molecular weight is 342 g/mol. The number of halogens is 1. The summed E-state index contributed by atoms with van der Waals surface area (Å²) in [7, 11) is 0. The normalized spacial score (nSPS) is 10.9. The van der Waals surface area contributed by atoms with Crippen LogP contribution < -0.4 is 0 Å². The quantitative estimate of drug-likeness (QED) is 0.603. The fraction of sp³-hybridized carbons (Fsp3) is 0.333.